The van der Waals surface area contributed by atoms with Crippen molar-refractivity contribution in [1.29, 1.82) is 0 Å². The van der Waals surface area contributed by atoms with Crippen molar-refractivity contribution in [2.75, 3.05) is 11.9 Å². The summed E-state index contributed by atoms with van der Waals surface area (Å²) in [6.45, 7) is -0.103. The van der Waals surface area contributed by atoms with Gasteiger partial charge in [-0.25, -0.2) is 4.98 Å². The Hall–Kier alpha value is -3.16. The van der Waals surface area contributed by atoms with Gasteiger partial charge in [0, 0.05) is 12.4 Å². The van der Waals surface area contributed by atoms with Crippen LogP contribution < -0.4 is 15.8 Å². The molecule has 0 saturated carbocycles. The number of benzene rings is 1. The number of aromatic nitrogens is 2. The summed E-state index contributed by atoms with van der Waals surface area (Å²) in [4.78, 5) is 19.7. The van der Waals surface area contributed by atoms with Gasteiger partial charge in [0.2, 0.25) is 0 Å². The fraction of sp³-hybridized carbons (Fsp3) is 0.0769. The quantitative estimate of drug-likeness (QED) is 0.324. The van der Waals surface area contributed by atoms with E-state index in [-0.39, 0.29) is 18.1 Å². The van der Waals surface area contributed by atoms with Gasteiger partial charge < -0.3 is 21.0 Å². The highest BCUT2D eigenvalue weighted by molar-refractivity contribution is 6.03. The Balaban J connectivity index is 2.11. The molecule has 108 valence electrons. The molecule has 0 saturated heterocycles. The van der Waals surface area contributed by atoms with E-state index in [9.17, 15) is 4.79 Å². The van der Waals surface area contributed by atoms with Crippen LogP contribution in [0, 0.1) is 0 Å². The van der Waals surface area contributed by atoms with Crippen LogP contribution in [0.25, 0.3) is 0 Å². The second-order valence-corrected chi connectivity index (χ2v) is 3.92. The molecule has 2 rings (SSSR count). The Morgan fingerprint density at radius 2 is 2.19 bits per heavy atom. The lowest BCUT2D eigenvalue weighted by Gasteiger charge is -2.11. The van der Waals surface area contributed by atoms with Gasteiger partial charge in [0.1, 0.15) is 18.1 Å². The molecule has 0 aliphatic heterocycles. The fourth-order valence-electron chi connectivity index (χ4n) is 1.48. The average molecular weight is 287 g/mol. The molecule has 21 heavy (non-hydrogen) atoms. The Bertz CT molecular complexity index is 645. The second-order valence-electron chi connectivity index (χ2n) is 3.92. The van der Waals surface area contributed by atoms with Crippen molar-refractivity contribution in [2.24, 2.45) is 10.9 Å². The summed E-state index contributed by atoms with van der Waals surface area (Å²) >= 11 is 0. The summed E-state index contributed by atoms with van der Waals surface area (Å²) in [7, 11) is 0. The highest BCUT2D eigenvalue weighted by Gasteiger charge is 2.11. The van der Waals surface area contributed by atoms with E-state index in [2.05, 4.69) is 20.4 Å². The summed E-state index contributed by atoms with van der Waals surface area (Å²) in [5, 5.41) is 13.9. The lowest BCUT2D eigenvalue weighted by atomic mass is 10.3. The normalized spacial score (nSPS) is 11.0. The van der Waals surface area contributed by atoms with Crippen LogP contribution >= 0.6 is 0 Å². The molecule has 0 fully saturated rings. The van der Waals surface area contributed by atoms with Gasteiger partial charge in [0.15, 0.2) is 5.84 Å². The van der Waals surface area contributed by atoms with Crippen molar-refractivity contribution in [2.45, 2.75) is 0 Å². The minimum absolute atomic E-state index is 0.0787. The first-order valence-corrected chi connectivity index (χ1v) is 5.96. The monoisotopic (exact) mass is 287 g/mol. The summed E-state index contributed by atoms with van der Waals surface area (Å²) < 4.78 is 5.36. The van der Waals surface area contributed by atoms with Gasteiger partial charge in [-0.2, -0.15) is 0 Å². The summed E-state index contributed by atoms with van der Waals surface area (Å²) in [6.07, 6.45) is 4.26. The number of carbonyl (C=O) groups is 1. The number of nitrogens with one attached hydrogen (secondary N) is 1. The zero-order chi connectivity index (χ0) is 15.1. The van der Waals surface area contributed by atoms with E-state index in [1.54, 1.807) is 24.3 Å². The molecule has 1 aromatic carbocycles. The number of anilines is 1. The molecule has 1 amide bonds. The van der Waals surface area contributed by atoms with E-state index >= 15 is 0 Å². The highest BCUT2D eigenvalue weighted by atomic mass is 16.5. The summed E-state index contributed by atoms with van der Waals surface area (Å²) in [5.74, 6) is -0.102. The van der Waals surface area contributed by atoms with E-state index < -0.39 is 5.91 Å². The van der Waals surface area contributed by atoms with Crippen molar-refractivity contribution in [3.8, 4) is 5.75 Å². The van der Waals surface area contributed by atoms with Crippen molar-refractivity contribution in [3.05, 3.63) is 48.5 Å². The molecular formula is C13H13N5O3. The second kappa shape index (κ2) is 6.85. The van der Waals surface area contributed by atoms with E-state index in [4.69, 9.17) is 15.7 Å². The third-order valence-electron chi connectivity index (χ3n) is 2.44. The first-order valence-electron chi connectivity index (χ1n) is 5.96. The molecule has 2 aromatic rings. The zero-order valence-corrected chi connectivity index (χ0v) is 10.9. The number of nitrogens with zero attached hydrogens (tertiary/aromatic N) is 3. The molecule has 0 aliphatic carbocycles. The predicted octanol–water partition coefficient (Wildman–Crippen LogP) is 0.854. The maximum absolute atomic E-state index is 12.0. The number of amidine groups is 1. The average Bonchev–Trinajstić information content (AvgIpc) is 2.54. The Morgan fingerprint density at radius 1 is 1.38 bits per heavy atom. The van der Waals surface area contributed by atoms with E-state index in [1.807, 2.05) is 0 Å². The smallest absolute Gasteiger partial charge is 0.275 e. The molecule has 0 spiro atoms. The van der Waals surface area contributed by atoms with E-state index in [0.717, 1.165) is 0 Å². The van der Waals surface area contributed by atoms with Crippen molar-refractivity contribution >= 4 is 17.4 Å². The lowest BCUT2D eigenvalue weighted by Crippen LogP contribution is -2.21. The number of rotatable bonds is 5. The molecule has 0 atom stereocenters. The maximum Gasteiger partial charge on any atom is 0.275 e. The van der Waals surface area contributed by atoms with Crippen molar-refractivity contribution in [3.63, 3.8) is 0 Å². The first-order chi connectivity index (χ1) is 10.2. The van der Waals surface area contributed by atoms with Gasteiger partial charge in [-0.05, 0) is 12.1 Å². The number of hydrogen-bond donors (Lipinski definition) is 3. The fourth-order valence-corrected chi connectivity index (χ4v) is 1.48. The van der Waals surface area contributed by atoms with Crippen molar-refractivity contribution in [1.82, 2.24) is 9.97 Å². The van der Waals surface area contributed by atoms with Crippen LogP contribution in [0.2, 0.25) is 0 Å². The molecule has 0 aliphatic rings. The predicted molar refractivity (Wildman–Crippen MR) is 75.3 cm³/mol. The van der Waals surface area contributed by atoms with Crippen LogP contribution in [0.15, 0.2) is 48.0 Å². The number of para-hydroxylation sites is 2. The first kappa shape index (κ1) is 14.3. The van der Waals surface area contributed by atoms with E-state index in [1.165, 1.54) is 18.6 Å². The molecular weight excluding hydrogens is 274 g/mol. The number of carbonyl (C=O) groups excluding carboxylic acids is 1. The third kappa shape index (κ3) is 3.90. The topological polar surface area (TPSA) is 123 Å². The highest BCUT2D eigenvalue weighted by Crippen LogP contribution is 2.24. The van der Waals surface area contributed by atoms with E-state index in [0.29, 0.717) is 11.4 Å². The zero-order valence-electron chi connectivity index (χ0n) is 10.9. The molecule has 0 unspecified atom stereocenters. The number of ether oxygens (including phenoxy) is 1. The molecule has 4 N–H and O–H groups in total. The van der Waals surface area contributed by atoms with Gasteiger partial charge >= 0.3 is 0 Å². The lowest BCUT2D eigenvalue weighted by molar-refractivity contribution is 0.102. The van der Waals surface area contributed by atoms with Crippen LogP contribution in [0.5, 0.6) is 5.75 Å². The van der Waals surface area contributed by atoms with Gasteiger partial charge in [0.05, 0.1) is 11.9 Å². The molecule has 8 heteroatoms. The Kier molecular flexibility index (Phi) is 4.65. The van der Waals surface area contributed by atoms with Gasteiger partial charge in [-0.1, -0.05) is 17.3 Å². The van der Waals surface area contributed by atoms with Gasteiger partial charge in [0.25, 0.3) is 5.91 Å². The number of amides is 1. The van der Waals surface area contributed by atoms with Gasteiger partial charge in [-0.3, -0.25) is 9.78 Å². The molecule has 0 bridgehead atoms. The van der Waals surface area contributed by atoms with Gasteiger partial charge in [-0.15, -0.1) is 0 Å². The standard InChI is InChI=1S/C13H13N5O3/c14-12(18-20)8-21-11-4-2-1-3-9(11)17-13(19)10-7-15-5-6-16-10/h1-7,20H,8H2,(H2,14,18)(H,17,19). The third-order valence-corrected chi connectivity index (χ3v) is 2.44. The number of oxime groups is 1. The summed E-state index contributed by atoms with van der Waals surface area (Å²) in [6, 6.07) is 6.79. The Morgan fingerprint density at radius 3 is 2.90 bits per heavy atom. The largest absolute Gasteiger partial charge is 0.483 e. The minimum Gasteiger partial charge on any atom is -0.483 e. The summed E-state index contributed by atoms with van der Waals surface area (Å²) in [5.41, 5.74) is 5.96. The van der Waals surface area contributed by atoms with Crippen molar-refractivity contribution < 1.29 is 14.7 Å². The van der Waals surface area contributed by atoms with Crippen LogP contribution in [0.1, 0.15) is 10.5 Å². The van der Waals surface area contributed by atoms with Crippen LogP contribution in [-0.2, 0) is 0 Å². The van der Waals surface area contributed by atoms with Crippen LogP contribution in [0.3, 0.4) is 0 Å². The van der Waals surface area contributed by atoms with Crippen LogP contribution in [-0.4, -0.2) is 33.5 Å². The molecule has 0 radical (unpaired) electrons. The Labute approximate surface area is 120 Å². The SMILES string of the molecule is NC(COc1ccccc1NC(=O)c1cnccn1)=NO. The molecule has 8 nitrogen and oxygen atoms in total. The molecule has 1 aromatic heterocycles. The number of nitrogens with two attached hydrogens (primary N) is 1. The minimum atomic E-state index is -0.414. The number of hydrogen-bond acceptors (Lipinski definition) is 6. The molecule has 1 heterocycles. The van der Waals surface area contributed by atoms with Crippen LogP contribution in [0.4, 0.5) is 5.69 Å². The maximum atomic E-state index is 12.0.